The van der Waals surface area contributed by atoms with Gasteiger partial charge in [-0.3, -0.25) is 0 Å². The fourth-order valence-electron chi connectivity index (χ4n) is 3.07. The van der Waals surface area contributed by atoms with E-state index in [4.69, 9.17) is 9.47 Å². The lowest BCUT2D eigenvalue weighted by molar-refractivity contribution is 0.0319. The van der Waals surface area contributed by atoms with Crippen LogP contribution in [-0.2, 0) is 0 Å². The van der Waals surface area contributed by atoms with Crippen LogP contribution in [0, 0.1) is 0 Å². The maximum absolute atomic E-state index is 10.1. The normalized spacial score (nSPS) is 29.4. The third-order valence-corrected chi connectivity index (χ3v) is 4.32. The minimum absolute atomic E-state index is 0.0861. The van der Waals surface area contributed by atoms with E-state index in [0.29, 0.717) is 6.61 Å². The van der Waals surface area contributed by atoms with Crippen molar-refractivity contribution in [1.29, 1.82) is 0 Å². The summed E-state index contributed by atoms with van der Waals surface area (Å²) in [6.07, 6.45) is 4.75. The van der Waals surface area contributed by atoms with E-state index in [1.165, 1.54) is 12.0 Å². The Balaban J connectivity index is 1.72. The number of hydrogen-bond donors (Lipinski definition) is 2. The highest BCUT2D eigenvalue weighted by molar-refractivity contribution is 5.45. The Morgan fingerprint density at radius 1 is 1.25 bits per heavy atom. The van der Waals surface area contributed by atoms with Crippen molar-refractivity contribution >= 4 is 0 Å². The van der Waals surface area contributed by atoms with Crippen LogP contribution in [0.1, 0.15) is 43.7 Å². The summed E-state index contributed by atoms with van der Waals surface area (Å²) >= 11 is 0. The molecule has 0 spiro atoms. The molecule has 3 unspecified atom stereocenters. The zero-order valence-electron chi connectivity index (χ0n) is 12.0. The van der Waals surface area contributed by atoms with E-state index >= 15 is 0 Å². The first-order chi connectivity index (χ1) is 9.78. The Bertz CT molecular complexity index is 463. The molecule has 110 valence electrons. The Hall–Kier alpha value is -1.26. The predicted molar refractivity (Wildman–Crippen MR) is 77.2 cm³/mol. The van der Waals surface area contributed by atoms with Gasteiger partial charge in [0.15, 0.2) is 0 Å². The van der Waals surface area contributed by atoms with Gasteiger partial charge >= 0.3 is 0 Å². The second-order valence-corrected chi connectivity index (χ2v) is 5.71. The maximum Gasteiger partial charge on any atom is 0.127 e. The highest BCUT2D eigenvalue weighted by atomic mass is 16.5. The topological polar surface area (TPSA) is 50.7 Å². The number of rotatable bonds is 3. The summed E-state index contributed by atoms with van der Waals surface area (Å²) in [7, 11) is 1.94. The number of aliphatic hydroxyl groups is 1. The van der Waals surface area contributed by atoms with Crippen LogP contribution < -0.4 is 14.8 Å². The molecule has 0 radical (unpaired) electrons. The molecule has 1 fully saturated rings. The molecule has 1 aromatic carbocycles. The predicted octanol–water partition coefficient (Wildman–Crippen LogP) is 2.41. The van der Waals surface area contributed by atoms with Gasteiger partial charge in [-0.2, -0.15) is 0 Å². The second-order valence-electron chi connectivity index (χ2n) is 5.71. The molecule has 20 heavy (non-hydrogen) atoms. The van der Waals surface area contributed by atoms with Crippen molar-refractivity contribution in [3.05, 3.63) is 23.8 Å². The smallest absolute Gasteiger partial charge is 0.127 e. The van der Waals surface area contributed by atoms with Crippen molar-refractivity contribution < 1.29 is 14.6 Å². The Kier molecular flexibility index (Phi) is 4.13. The summed E-state index contributed by atoms with van der Waals surface area (Å²) < 4.78 is 11.7. The molecule has 0 aromatic heterocycles. The Labute approximate surface area is 120 Å². The first-order valence-electron chi connectivity index (χ1n) is 7.56. The summed E-state index contributed by atoms with van der Waals surface area (Å²) in [6, 6.07) is 6.25. The molecular weight excluding hydrogens is 254 g/mol. The lowest BCUT2D eigenvalue weighted by Gasteiger charge is -2.22. The van der Waals surface area contributed by atoms with E-state index in [1.54, 1.807) is 0 Å². The number of fused-ring (bicyclic) bond motifs is 1. The first kappa shape index (κ1) is 13.7. The summed E-state index contributed by atoms with van der Waals surface area (Å²) in [6.45, 7) is 0.668. The zero-order chi connectivity index (χ0) is 13.9. The van der Waals surface area contributed by atoms with E-state index in [0.717, 1.165) is 37.2 Å². The molecule has 0 saturated heterocycles. The molecule has 1 aromatic rings. The van der Waals surface area contributed by atoms with E-state index < -0.39 is 0 Å². The molecule has 1 aliphatic carbocycles. The minimum Gasteiger partial charge on any atom is -0.491 e. The van der Waals surface area contributed by atoms with Crippen molar-refractivity contribution in [2.24, 2.45) is 0 Å². The fraction of sp³-hybridized carbons (Fsp3) is 0.625. The zero-order valence-corrected chi connectivity index (χ0v) is 12.0. The maximum atomic E-state index is 10.1. The molecule has 0 bridgehead atoms. The van der Waals surface area contributed by atoms with Crippen molar-refractivity contribution in [1.82, 2.24) is 5.32 Å². The Morgan fingerprint density at radius 3 is 2.95 bits per heavy atom. The SMILES string of the molecule is CNC1COc2cc(OC3CCCCCC3O)ccc21. The summed E-state index contributed by atoms with van der Waals surface area (Å²) in [5.41, 5.74) is 1.18. The van der Waals surface area contributed by atoms with Crippen molar-refractivity contribution in [2.45, 2.75) is 50.4 Å². The number of likely N-dealkylation sites (N-methyl/N-ethyl adjacent to an activating group) is 1. The minimum atomic E-state index is -0.350. The van der Waals surface area contributed by atoms with Gasteiger partial charge in [0.1, 0.15) is 24.2 Å². The van der Waals surface area contributed by atoms with E-state index in [-0.39, 0.29) is 18.2 Å². The summed E-state index contributed by atoms with van der Waals surface area (Å²) in [5.74, 6) is 1.69. The Morgan fingerprint density at radius 2 is 2.10 bits per heavy atom. The number of ether oxygens (including phenoxy) is 2. The standard InChI is InChI=1S/C16H23NO3/c1-17-13-10-19-16-9-11(7-8-12(13)16)20-15-6-4-2-3-5-14(15)18/h7-9,13-15,17-18H,2-6,10H2,1H3. The van der Waals surface area contributed by atoms with E-state index in [9.17, 15) is 5.11 Å². The third kappa shape index (κ3) is 2.76. The number of hydrogen-bond acceptors (Lipinski definition) is 4. The average Bonchev–Trinajstić information content (AvgIpc) is 2.76. The van der Waals surface area contributed by atoms with Crippen LogP contribution in [0.25, 0.3) is 0 Å². The van der Waals surface area contributed by atoms with Crippen LogP contribution >= 0.6 is 0 Å². The molecule has 3 atom stereocenters. The monoisotopic (exact) mass is 277 g/mol. The van der Waals surface area contributed by atoms with Gasteiger partial charge in [0.2, 0.25) is 0 Å². The first-order valence-corrected chi connectivity index (χ1v) is 7.56. The lowest BCUT2D eigenvalue weighted by atomic mass is 10.1. The molecule has 1 saturated carbocycles. The number of benzene rings is 1. The molecule has 4 nitrogen and oxygen atoms in total. The third-order valence-electron chi connectivity index (χ3n) is 4.32. The van der Waals surface area contributed by atoms with Crippen LogP contribution in [0.4, 0.5) is 0 Å². The molecule has 2 aliphatic rings. The lowest BCUT2D eigenvalue weighted by Crippen LogP contribution is -2.30. The highest BCUT2D eigenvalue weighted by Crippen LogP contribution is 2.36. The summed E-state index contributed by atoms with van der Waals surface area (Å²) in [4.78, 5) is 0. The largest absolute Gasteiger partial charge is 0.491 e. The van der Waals surface area contributed by atoms with Crippen LogP contribution in [0.5, 0.6) is 11.5 Å². The van der Waals surface area contributed by atoms with Crippen LogP contribution in [-0.4, -0.2) is 31.0 Å². The molecule has 0 amide bonds. The van der Waals surface area contributed by atoms with Crippen LogP contribution in [0.2, 0.25) is 0 Å². The van der Waals surface area contributed by atoms with Gasteiger partial charge in [-0.15, -0.1) is 0 Å². The van der Waals surface area contributed by atoms with Crippen molar-refractivity contribution in [3.63, 3.8) is 0 Å². The molecule has 1 heterocycles. The molecule has 2 N–H and O–H groups in total. The van der Waals surface area contributed by atoms with Gasteiger partial charge in [-0.1, -0.05) is 12.8 Å². The summed E-state index contributed by atoms with van der Waals surface area (Å²) in [5, 5.41) is 13.3. The quantitative estimate of drug-likeness (QED) is 0.833. The van der Waals surface area contributed by atoms with Gasteiger partial charge in [-0.25, -0.2) is 0 Å². The van der Waals surface area contributed by atoms with Crippen molar-refractivity contribution in [2.75, 3.05) is 13.7 Å². The number of nitrogens with one attached hydrogen (secondary N) is 1. The molecule has 1 aliphatic heterocycles. The molecule has 3 rings (SSSR count). The molecular formula is C16H23NO3. The van der Waals surface area contributed by atoms with Gasteiger partial charge in [0, 0.05) is 11.6 Å². The van der Waals surface area contributed by atoms with Crippen LogP contribution in [0.3, 0.4) is 0 Å². The van der Waals surface area contributed by atoms with Gasteiger partial charge < -0.3 is 19.9 Å². The molecule has 4 heteroatoms. The van der Waals surface area contributed by atoms with E-state index in [2.05, 4.69) is 11.4 Å². The fourth-order valence-corrected chi connectivity index (χ4v) is 3.07. The second kappa shape index (κ2) is 6.02. The van der Waals surface area contributed by atoms with Gasteiger partial charge in [0.25, 0.3) is 0 Å². The average molecular weight is 277 g/mol. The van der Waals surface area contributed by atoms with Crippen LogP contribution in [0.15, 0.2) is 18.2 Å². The highest BCUT2D eigenvalue weighted by Gasteiger charge is 2.26. The van der Waals surface area contributed by atoms with Gasteiger partial charge in [0.05, 0.1) is 12.1 Å². The van der Waals surface area contributed by atoms with Gasteiger partial charge in [-0.05, 0) is 38.4 Å². The van der Waals surface area contributed by atoms with E-state index in [1.807, 2.05) is 19.2 Å². The number of aliphatic hydroxyl groups excluding tert-OH is 1. The van der Waals surface area contributed by atoms with Crippen molar-refractivity contribution in [3.8, 4) is 11.5 Å².